The topological polar surface area (TPSA) is 82.3 Å². The molecule has 1 aromatic heterocycles. The van der Waals surface area contributed by atoms with Gasteiger partial charge >= 0.3 is 5.69 Å². The van der Waals surface area contributed by atoms with Gasteiger partial charge in [-0.2, -0.15) is 0 Å². The maximum Gasteiger partial charge on any atom is 0.336 e. The van der Waals surface area contributed by atoms with Gasteiger partial charge in [0.25, 0.3) is 5.56 Å². The Morgan fingerprint density at radius 3 is 2.49 bits per heavy atom. The molecule has 35 heavy (non-hydrogen) atoms. The molecular weight excluding hydrogens is 449 g/mol. The number of nitrogens with zero attached hydrogens (tertiary/aromatic N) is 2. The summed E-state index contributed by atoms with van der Waals surface area (Å²) in [5, 5.41) is 3.21. The van der Waals surface area contributed by atoms with E-state index in [9.17, 15) is 18.8 Å². The van der Waals surface area contributed by atoms with Gasteiger partial charge in [0.2, 0.25) is 5.91 Å². The van der Waals surface area contributed by atoms with Gasteiger partial charge in [-0.05, 0) is 53.9 Å². The van der Waals surface area contributed by atoms with Crippen molar-refractivity contribution < 1.29 is 13.9 Å². The minimum Gasteiger partial charge on any atom is -0.385 e. The van der Waals surface area contributed by atoms with Crippen LogP contribution in [0, 0.1) is 5.82 Å². The van der Waals surface area contributed by atoms with E-state index < -0.39 is 17.1 Å². The molecule has 4 aromatic rings. The van der Waals surface area contributed by atoms with Crippen LogP contribution in [-0.2, 0) is 22.5 Å². The van der Waals surface area contributed by atoms with Crippen LogP contribution in [0.15, 0.2) is 82.4 Å². The third-order valence-electron chi connectivity index (χ3n) is 5.69. The lowest BCUT2D eigenvalue weighted by molar-refractivity contribution is -0.120. The van der Waals surface area contributed by atoms with E-state index in [2.05, 4.69) is 5.32 Å². The fourth-order valence-corrected chi connectivity index (χ4v) is 3.97. The van der Waals surface area contributed by atoms with Gasteiger partial charge in [0.05, 0.1) is 29.6 Å². The normalized spacial score (nSPS) is 11.0. The molecule has 4 rings (SSSR count). The molecule has 0 radical (unpaired) electrons. The fourth-order valence-electron chi connectivity index (χ4n) is 3.97. The fraction of sp³-hybridized carbons (Fsp3) is 0.222. The summed E-state index contributed by atoms with van der Waals surface area (Å²) in [6, 6.07) is 19.6. The van der Waals surface area contributed by atoms with Crippen LogP contribution in [0.5, 0.6) is 0 Å². The second-order valence-corrected chi connectivity index (χ2v) is 8.20. The molecule has 8 heteroatoms. The van der Waals surface area contributed by atoms with Gasteiger partial charge in [-0.15, -0.1) is 0 Å². The van der Waals surface area contributed by atoms with Gasteiger partial charge in [-0.3, -0.25) is 14.2 Å². The number of fused-ring (bicyclic) bond motifs is 1. The van der Waals surface area contributed by atoms with Crippen LogP contribution in [0.2, 0.25) is 0 Å². The van der Waals surface area contributed by atoms with Gasteiger partial charge in [0, 0.05) is 20.3 Å². The summed E-state index contributed by atoms with van der Waals surface area (Å²) in [6.45, 7) is 1.22. The van der Waals surface area contributed by atoms with Crippen molar-refractivity contribution in [2.75, 3.05) is 20.3 Å². The van der Waals surface area contributed by atoms with E-state index in [1.165, 1.54) is 16.7 Å². The lowest BCUT2D eigenvalue weighted by atomic mass is 10.1. The lowest BCUT2D eigenvalue weighted by Gasteiger charge is -2.15. The molecule has 1 heterocycles. The summed E-state index contributed by atoms with van der Waals surface area (Å²) in [5.41, 5.74) is 1.26. The summed E-state index contributed by atoms with van der Waals surface area (Å²) in [4.78, 5) is 38.9. The van der Waals surface area contributed by atoms with Crippen LogP contribution in [-0.4, -0.2) is 35.3 Å². The molecule has 0 aliphatic rings. The zero-order chi connectivity index (χ0) is 24.8. The summed E-state index contributed by atoms with van der Waals surface area (Å²) in [7, 11) is 1.61. The number of halogens is 1. The molecule has 180 valence electrons. The molecule has 1 N–H and O–H groups in total. The zero-order valence-electron chi connectivity index (χ0n) is 19.4. The Hall–Kier alpha value is -4.04. The molecule has 3 aromatic carbocycles. The number of carbonyl (C=O) groups excluding carboxylic acids is 1. The van der Waals surface area contributed by atoms with E-state index in [0.717, 1.165) is 16.6 Å². The summed E-state index contributed by atoms with van der Waals surface area (Å²) < 4.78 is 21.3. The molecular formula is C27H26FN3O4. The van der Waals surface area contributed by atoms with Crippen molar-refractivity contribution in [3.63, 3.8) is 0 Å². The largest absolute Gasteiger partial charge is 0.385 e. The van der Waals surface area contributed by atoms with Crippen LogP contribution in [0.3, 0.4) is 0 Å². The number of carbonyl (C=O) groups is 1. The quantitative estimate of drug-likeness (QED) is 0.377. The Balaban J connectivity index is 1.67. The summed E-state index contributed by atoms with van der Waals surface area (Å²) in [6.07, 6.45) is 0.914. The standard InChI is InChI=1S/C27H26FN3O4/c1-35-15-5-14-29-25(32)17-19-10-12-22(13-11-19)31-26(33)23-8-2-3-9-24(23)30(27(31)34)18-20-6-4-7-21(28)16-20/h2-4,6-13,16H,5,14-15,17-18H2,1H3,(H,29,32). The van der Waals surface area contributed by atoms with Gasteiger partial charge < -0.3 is 10.1 Å². The molecule has 0 fully saturated rings. The summed E-state index contributed by atoms with van der Waals surface area (Å²) >= 11 is 0. The number of benzene rings is 3. The monoisotopic (exact) mass is 475 g/mol. The first-order valence-electron chi connectivity index (χ1n) is 11.3. The highest BCUT2D eigenvalue weighted by atomic mass is 19.1. The van der Waals surface area contributed by atoms with E-state index in [1.54, 1.807) is 67.8 Å². The van der Waals surface area contributed by atoms with E-state index in [4.69, 9.17) is 4.74 Å². The number of rotatable bonds is 9. The first-order valence-corrected chi connectivity index (χ1v) is 11.3. The maximum absolute atomic E-state index is 13.7. The molecule has 0 saturated carbocycles. The average molecular weight is 476 g/mol. The highest BCUT2D eigenvalue weighted by molar-refractivity contribution is 5.79. The van der Waals surface area contributed by atoms with Crippen LogP contribution in [0.4, 0.5) is 4.39 Å². The lowest BCUT2D eigenvalue weighted by Crippen LogP contribution is -2.39. The molecule has 0 saturated heterocycles. The third-order valence-corrected chi connectivity index (χ3v) is 5.69. The van der Waals surface area contributed by atoms with Crippen molar-refractivity contribution in [2.45, 2.75) is 19.4 Å². The maximum atomic E-state index is 13.7. The summed E-state index contributed by atoms with van der Waals surface area (Å²) in [5.74, 6) is -0.513. The van der Waals surface area contributed by atoms with E-state index in [1.807, 2.05) is 0 Å². The Morgan fingerprint density at radius 1 is 0.971 bits per heavy atom. The highest BCUT2D eigenvalue weighted by Crippen LogP contribution is 2.14. The average Bonchev–Trinajstić information content (AvgIpc) is 2.86. The molecule has 0 spiro atoms. The Kier molecular flexibility index (Phi) is 7.52. The number of hydrogen-bond acceptors (Lipinski definition) is 4. The van der Waals surface area contributed by atoms with Gasteiger partial charge in [0.1, 0.15) is 5.82 Å². The predicted molar refractivity (Wildman–Crippen MR) is 133 cm³/mol. The van der Waals surface area contributed by atoms with Gasteiger partial charge in [-0.25, -0.2) is 13.8 Å². The second-order valence-electron chi connectivity index (χ2n) is 8.20. The van der Waals surface area contributed by atoms with E-state index in [-0.39, 0.29) is 18.9 Å². The zero-order valence-corrected chi connectivity index (χ0v) is 19.4. The smallest absolute Gasteiger partial charge is 0.336 e. The second kappa shape index (κ2) is 10.9. The van der Waals surface area contributed by atoms with Crippen molar-refractivity contribution in [2.24, 2.45) is 0 Å². The Morgan fingerprint density at radius 2 is 1.74 bits per heavy atom. The number of amides is 1. The van der Waals surface area contributed by atoms with Gasteiger partial charge in [0.15, 0.2) is 0 Å². The Bertz CT molecular complexity index is 1460. The number of ether oxygens (including phenoxy) is 1. The van der Waals surface area contributed by atoms with Crippen molar-refractivity contribution in [1.82, 2.24) is 14.5 Å². The molecule has 0 unspecified atom stereocenters. The molecule has 7 nitrogen and oxygen atoms in total. The van der Waals surface area contributed by atoms with Crippen LogP contribution >= 0.6 is 0 Å². The number of methoxy groups -OCH3 is 1. The number of hydrogen-bond donors (Lipinski definition) is 1. The predicted octanol–water partition coefficient (Wildman–Crippen LogP) is 3.04. The minimum atomic E-state index is -0.526. The van der Waals surface area contributed by atoms with Crippen LogP contribution in [0.25, 0.3) is 16.6 Å². The van der Waals surface area contributed by atoms with Crippen molar-refractivity contribution in [3.8, 4) is 5.69 Å². The van der Waals surface area contributed by atoms with Gasteiger partial charge in [-0.1, -0.05) is 36.4 Å². The molecule has 0 aliphatic carbocycles. The third kappa shape index (κ3) is 5.55. The van der Waals surface area contributed by atoms with E-state index in [0.29, 0.717) is 35.3 Å². The van der Waals surface area contributed by atoms with Crippen molar-refractivity contribution in [1.29, 1.82) is 0 Å². The number of para-hydroxylation sites is 1. The van der Waals surface area contributed by atoms with Crippen molar-refractivity contribution >= 4 is 16.8 Å². The minimum absolute atomic E-state index is 0.110. The highest BCUT2D eigenvalue weighted by Gasteiger charge is 2.15. The van der Waals surface area contributed by atoms with Crippen LogP contribution in [0.1, 0.15) is 17.5 Å². The molecule has 0 atom stereocenters. The first-order chi connectivity index (χ1) is 17.0. The van der Waals surface area contributed by atoms with E-state index >= 15 is 0 Å². The number of aromatic nitrogens is 2. The first kappa shape index (κ1) is 24.1. The molecule has 0 bridgehead atoms. The van der Waals surface area contributed by atoms with Crippen LogP contribution < -0.4 is 16.6 Å². The SMILES string of the molecule is COCCCNC(=O)Cc1ccc(-n2c(=O)c3ccccc3n(Cc3cccc(F)c3)c2=O)cc1. The number of nitrogens with one attached hydrogen (secondary N) is 1. The Labute approximate surface area is 201 Å². The molecule has 1 amide bonds. The molecule has 0 aliphatic heterocycles. The van der Waals surface area contributed by atoms with Crippen molar-refractivity contribution in [3.05, 3.63) is 111 Å².